The summed E-state index contributed by atoms with van der Waals surface area (Å²) < 4.78 is 0. The molecule has 2 aliphatic rings. The molecule has 0 N–H and O–H groups in total. The van der Waals surface area contributed by atoms with Crippen LogP contribution in [-0.4, -0.2) is 0 Å². The normalized spacial score (nSPS) is 14.9. The van der Waals surface area contributed by atoms with Gasteiger partial charge in [-0.05, 0) is 58.2 Å². The van der Waals surface area contributed by atoms with Gasteiger partial charge in [0.1, 0.15) is 0 Å². The van der Waals surface area contributed by atoms with Crippen molar-refractivity contribution in [3.63, 3.8) is 0 Å². The van der Waals surface area contributed by atoms with E-state index in [9.17, 15) is 0 Å². The summed E-state index contributed by atoms with van der Waals surface area (Å²) in [5.41, 5.74) is 10.3. The van der Waals surface area contributed by atoms with Crippen LogP contribution < -0.4 is 24.8 Å². The van der Waals surface area contributed by atoms with E-state index in [1.165, 1.54) is 39.8 Å². The molecule has 1 unspecified atom stereocenters. The molecule has 0 bridgehead atoms. The third-order valence-electron chi connectivity index (χ3n) is 5.58. The molecule has 0 fully saturated rings. The molecular formula is C24H20Cl2Hf-2. The van der Waals surface area contributed by atoms with Crippen LogP contribution in [0.5, 0.6) is 0 Å². The Labute approximate surface area is 192 Å². The van der Waals surface area contributed by atoms with Crippen molar-refractivity contribution >= 4 is 6.08 Å². The molecule has 0 saturated heterocycles. The van der Waals surface area contributed by atoms with Gasteiger partial charge < -0.3 is 24.8 Å². The zero-order chi connectivity index (χ0) is 15.9. The number of hydrogen-bond acceptors (Lipinski definition) is 0. The smallest absolute Gasteiger partial charge is 0.00303 e. The van der Waals surface area contributed by atoms with Crippen molar-refractivity contribution in [2.24, 2.45) is 0 Å². The van der Waals surface area contributed by atoms with Gasteiger partial charge in [0.25, 0.3) is 0 Å². The molecule has 0 aliphatic heterocycles. The standard InChI is InChI=1S/C24H20.2ClH.Hf/c1-3-9-21-17(6-1)12-14-19(21)15-13-18-8-5-11-23-22-10-4-2-7-20(22)16-24(18)23;;;/h1-12,14,19H,13,15-16H2;2*1H;/p-2. The van der Waals surface area contributed by atoms with Crippen LogP contribution in [-0.2, 0) is 38.7 Å². The second kappa shape index (κ2) is 9.37. The number of halogens is 2. The molecular weight excluding hydrogens is 538 g/mol. The Hall–Kier alpha value is -1.15. The first kappa shape index (κ1) is 22.1. The summed E-state index contributed by atoms with van der Waals surface area (Å²) in [7, 11) is 0. The number of hydrogen-bond donors (Lipinski definition) is 0. The van der Waals surface area contributed by atoms with E-state index in [-0.39, 0.29) is 50.7 Å². The molecule has 0 amide bonds. The number of aryl methyl sites for hydroxylation is 1. The summed E-state index contributed by atoms with van der Waals surface area (Å²) in [4.78, 5) is 0. The van der Waals surface area contributed by atoms with Crippen LogP contribution in [0.15, 0.2) is 72.8 Å². The molecule has 27 heavy (non-hydrogen) atoms. The Morgan fingerprint density at radius 3 is 2.41 bits per heavy atom. The van der Waals surface area contributed by atoms with E-state index in [2.05, 4.69) is 78.9 Å². The van der Waals surface area contributed by atoms with Gasteiger partial charge >= 0.3 is 0 Å². The Morgan fingerprint density at radius 2 is 1.52 bits per heavy atom. The SMILES string of the molecule is C1=CC(CCc2cccc3c2Cc2ccccc2-3)c2ccccc21.[Cl-].[Cl-].[Hf]. The van der Waals surface area contributed by atoms with Crippen LogP contribution in [0.2, 0.25) is 0 Å². The van der Waals surface area contributed by atoms with Gasteiger partial charge in [0.05, 0.1) is 0 Å². The summed E-state index contributed by atoms with van der Waals surface area (Å²) in [5.74, 6) is 0.570. The summed E-state index contributed by atoms with van der Waals surface area (Å²) in [6, 6.07) is 24.5. The van der Waals surface area contributed by atoms with Gasteiger partial charge in [-0.1, -0.05) is 78.9 Å². The molecule has 1 atom stereocenters. The quantitative estimate of drug-likeness (QED) is 0.312. The van der Waals surface area contributed by atoms with E-state index in [0.717, 1.165) is 12.8 Å². The number of rotatable bonds is 3. The van der Waals surface area contributed by atoms with Crippen LogP contribution in [0.4, 0.5) is 0 Å². The van der Waals surface area contributed by atoms with Gasteiger partial charge in [-0.2, -0.15) is 0 Å². The predicted molar refractivity (Wildman–Crippen MR) is 101 cm³/mol. The first-order valence-corrected chi connectivity index (χ1v) is 8.86. The topological polar surface area (TPSA) is 0 Å². The van der Waals surface area contributed by atoms with Crippen molar-refractivity contribution in [2.75, 3.05) is 0 Å². The minimum absolute atomic E-state index is 0. The minimum atomic E-state index is 0. The van der Waals surface area contributed by atoms with E-state index in [1.807, 2.05) is 0 Å². The Balaban J connectivity index is 0.000000871. The fraction of sp³-hybridized carbons (Fsp3) is 0.167. The summed E-state index contributed by atoms with van der Waals surface area (Å²) in [6.45, 7) is 0. The van der Waals surface area contributed by atoms with E-state index in [4.69, 9.17) is 0 Å². The average molecular weight is 558 g/mol. The molecule has 3 aromatic carbocycles. The number of allylic oxidation sites excluding steroid dienone is 1. The molecule has 2 aliphatic carbocycles. The molecule has 5 rings (SSSR count). The van der Waals surface area contributed by atoms with E-state index >= 15 is 0 Å². The van der Waals surface area contributed by atoms with E-state index < -0.39 is 0 Å². The van der Waals surface area contributed by atoms with Crippen LogP contribution in [0.3, 0.4) is 0 Å². The first-order valence-electron chi connectivity index (χ1n) is 8.86. The fourth-order valence-electron chi connectivity index (χ4n) is 4.34. The molecule has 136 valence electrons. The molecule has 0 radical (unpaired) electrons. The van der Waals surface area contributed by atoms with Crippen molar-refractivity contribution in [2.45, 2.75) is 25.2 Å². The second-order valence-corrected chi connectivity index (χ2v) is 6.91. The number of benzene rings is 3. The zero-order valence-corrected chi connectivity index (χ0v) is 20.1. The van der Waals surface area contributed by atoms with Crippen molar-refractivity contribution < 1.29 is 50.7 Å². The van der Waals surface area contributed by atoms with Gasteiger partial charge in [-0.25, -0.2) is 0 Å². The maximum Gasteiger partial charge on any atom is 0.00303 e. The third-order valence-corrected chi connectivity index (χ3v) is 5.58. The average Bonchev–Trinajstić information content (AvgIpc) is 3.21. The van der Waals surface area contributed by atoms with E-state index in [0.29, 0.717) is 5.92 Å². The molecule has 3 aromatic rings. The molecule has 0 spiro atoms. The van der Waals surface area contributed by atoms with Crippen LogP contribution in [0.1, 0.15) is 40.2 Å². The van der Waals surface area contributed by atoms with Crippen molar-refractivity contribution in [1.29, 1.82) is 0 Å². The maximum atomic E-state index is 2.38. The Morgan fingerprint density at radius 1 is 0.778 bits per heavy atom. The largest absolute Gasteiger partial charge is 1.00 e. The third kappa shape index (κ3) is 4.01. The molecule has 0 saturated carbocycles. The monoisotopic (exact) mass is 558 g/mol. The van der Waals surface area contributed by atoms with Crippen LogP contribution >= 0.6 is 0 Å². The van der Waals surface area contributed by atoms with Crippen LogP contribution in [0.25, 0.3) is 17.2 Å². The molecule has 0 nitrogen and oxygen atoms in total. The number of fused-ring (bicyclic) bond motifs is 4. The van der Waals surface area contributed by atoms with Gasteiger partial charge in [-0.15, -0.1) is 0 Å². The predicted octanol–water partition coefficient (Wildman–Crippen LogP) is 0.00650. The molecule has 3 heteroatoms. The zero-order valence-electron chi connectivity index (χ0n) is 15.0. The van der Waals surface area contributed by atoms with Gasteiger partial charge in [0.15, 0.2) is 0 Å². The molecule has 0 aromatic heterocycles. The van der Waals surface area contributed by atoms with Crippen molar-refractivity contribution in [1.82, 2.24) is 0 Å². The Kier molecular flexibility index (Phi) is 7.68. The summed E-state index contributed by atoms with van der Waals surface area (Å²) in [6.07, 6.45) is 8.10. The van der Waals surface area contributed by atoms with Gasteiger partial charge in [-0.3, -0.25) is 0 Å². The van der Waals surface area contributed by atoms with Crippen molar-refractivity contribution in [3.05, 3.63) is 101 Å². The van der Waals surface area contributed by atoms with E-state index in [1.54, 1.807) is 5.56 Å². The maximum absolute atomic E-state index is 2.38. The molecule has 0 heterocycles. The second-order valence-electron chi connectivity index (χ2n) is 6.91. The minimum Gasteiger partial charge on any atom is -1.00 e. The Bertz CT molecular complexity index is 962. The summed E-state index contributed by atoms with van der Waals surface area (Å²) in [5, 5.41) is 0. The fourth-order valence-corrected chi connectivity index (χ4v) is 4.34. The van der Waals surface area contributed by atoms with Crippen LogP contribution in [0, 0.1) is 0 Å². The van der Waals surface area contributed by atoms with Crippen molar-refractivity contribution in [3.8, 4) is 11.1 Å². The van der Waals surface area contributed by atoms with Gasteiger partial charge in [0.2, 0.25) is 0 Å². The van der Waals surface area contributed by atoms with Gasteiger partial charge in [0, 0.05) is 31.8 Å². The summed E-state index contributed by atoms with van der Waals surface area (Å²) >= 11 is 0. The first-order chi connectivity index (χ1) is 11.9.